The van der Waals surface area contributed by atoms with Crippen molar-refractivity contribution in [1.82, 2.24) is 0 Å². The Morgan fingerprint density at radius 3 is 1.94 bits per heavy atom. The second kappa shape index (κ2) is 7.88. The van der Waals surface area contributed by atoms with Crippen LogP contribution in [0.4, 0.5) is 0 Å². The SMILES string of the molecule is C=C[C@@H](C)[C@H](C(=O)P(=O)(OCC)OCC)C(C)C. The number of allylic oxidation sites excluding steroid dienone is 1. The molecule has 0 saturated carbocycles. The van der Waals surface area contributed by atoms with Crippen molar-refractivity contribution < 1.29 is 18.4 Å². The minimum absolute atomic E-state index is 0.0553. The van der Waals surface area contributed by atoms with Crippen molar-refractivity contribution in [2.45, 2.75) is 34.6 Å². The van der Waals surface area contributed by atoms with E-state index in [0.29, 0.717) is 0 Å². The van der Waals surface area contributed by atoms with Crippen LogP contribution in [-0.2, 0) is 18.4 Å². The van der Waals surface area contributed by atoms with E-state index < -0.39 is 19.0 Å². The Hall–Kier alpha value is -0.440. The molecule has 0 radical (unpaired) electrons. The number of carbonyl (C=O) groups is 1. The molecule has 0 fully saturated rings. The van der Waals surface area contributed by atoms with Gasteiger partial charge in [0.05, 0.1) is 13.2 Å². The lowest BCUT2D eigenvalue weighted by atomic mass is 9.85. The highest BCUT2D eigenvalue weighted by molar-refractivity contribution is 7.71. The summed E-state index contributed by atoms with van der Waals surface area (Å²) in [7, 11) is -3.67. The molecular weight excluding hydrogens is 251 g/mol. The van der Waals surface area contributed by atoms with E-state index in [4.69, 9.17) is 9.05 Å². The van der Waals surface area contributed by atoms with Crippen LogP contribution in [-0.4, -0.2) is 18.7 Å². The maximum Gasteiger partial charge on any atom is 0.396 e. The van der Waals surface area contributed by atoms with Crippen molar-refractivity contribution in [2.24, 2.45) is 17.8 Å². The van der Waals surface area contributed by atoms with E-state index in [9.17, 15) is 9.36 Å². The van der Waals surface area contributed by atoms with Gasteiger partial charge < -0.3 is 9.05 Å². The monoisotopic (exact) mass is 276 g/mol. The summed E-state index contributed by atoms with van der Waals surface area (Å²) in [5.74, 6) is -0.405. The predicted molar refractivity (Wildman–Crippen MR) is 73.6 cm³/mol. The average Bonchev–Trinajstić information content (AvgIpc) is 2.28. The van der Waals surface area contributed by atoms with Crippen LogP contribution in [0.2, 0.25) is 0 Å². The number of rotatable bonds is 9. The molecule has 5 heteroatoms. The molecule has 106 valence electrons. The van der Waals surface area contributed by atoms with Crippen LogP contribution in [0.5, 0.6) is 0 Å². The molecule has 0 N–H and O–H groups in total. The van der Waals surface area contributed by atoms with Gasteiger partial charge in [-0.2, -0.15) is 0 Å². The highest BCUT2D eigenvalue weighted by Crippen LogP contribution is 2.53. The van der Waals surface area contributed by atoms with Gasteiger partial charge in [0, 0.05) is 5.92 Å². The number of hydrogen-bond donors (Lipinski definition) is 0. The molecule has 0 aliphatic carbocycles. The van der Waals surface area contributed by atoms with Crippen molar-refractivity contribution >= 4 is 13.1 Å². The van der Waals surface area contributed by atoms with Crippen molar-refractivity contribution in [2.75, 3.05) is 13.2 Å². The average molecular weight is 276 g/mol. The third kappa shape index (κ3) is 4.34. The normalized spacial score (nSPS) is 15.4. The molecule has 0 spiro atoms. The molecule has 0 aromatic heterocycles. The quantitative estimate of drug-likeness (QED) is 0.474. The summed E-state index contributed by atoms with van der Waals surface area (Å²) in [4.78, 5) is 12.4. The molecule has 0 aromatic rings. The second-order valence-electron chi connectivity index (χ2n) is 4.54. The summed E-state index contributed by atoms with van der Waals surface area (Å²) in [6.07, 6.45) is 1.70. The predicted octanol–water partition coefficient (Wildman–Crippen LogP) is 3.87. The standard InChI is InChI=1S/C13H25O4P/c1-7-11(6)12(10(4)5)13(14)18(15,16-8-2)17-9-3/h7,10-12H,1,8-9H2,2-6H3/t11-,12-/m1/s1. The summed E-state index contributed by atoms with van der Waals surface area (Å²) < 4.78 is 22.7. The van der Waals surface area contributed by atoms with Crippen molar-refractivity contribution in [3.8, 4) is 0 Å². The summed E-state index contributed by atoms with van der Waals surface area (Å²) in [6.45, 7) is 13.2. The Bertz CT molecular complexity index is 315. The third-order valence-electron chi connectivity index (χ3n) is 2.81. The Balaban J connectivity index is 5.25. The zero-order valence-corrected chi connectivity index (χ0v) is 12.9. The van der Waals surface area contributed by atoms with Gasteiger partial charge in [-0.3, -0.25) is 9.36 Å². The zero-order chi connectivity index (χ0) is 14.3. The molecular formula is C13H25O4P. The van der Waals surface area contributed by atoms with Gasteiger partial charge in [0.2, 0.25) is 5.52 Å². The first-order valence-electron chi connectivity index (χ1n) is 6.40. The van der Waals surface area contributed by atoms with Gasteiger partial charge in [-0.1, -0.05) is 26.8 Å². The van der Waals surface area contributed by atoms with Crippen LogP contribution in [0.3, 0.4) is 0 Å². The van der Waals surface area contributed by atoms with E-state index in [1.165, 1.54) is 0 Å². The van der Waals surface area contributed by atoms with E-state index in [2.05, 4.69) is 6.58 Å². The van der Waals surface area contributed by atoms with Crippen LogP contribution in [0.1, 0.15) is 34.6 Å². The Labute approximate surface area is 110 Å². The first kappa shape index (κ1) is 17.6. The summed E-state index contributed by atoms with van der Waals surface area (Å²) in [5, 5.41) is 0. The van der Waals surface area contributed by atoms with Crippen LogP contribution in [0.15, 0.2) is 12.7 Å². The van der Waals surface area contributed by atoms with Gasteiger partial charge in [0.25, 0.3) is 0 Å². The van der Waals surface area contributed by atoms with Crippen molar-refractivity contribution in [1.29, 1.82) is 0 Å². The van der Waals surface area contributed by atoms with E-state index in [1.807, 2.05) is 20.8 Å². The molecule has 18 heavy (non-hydrogen) atoms. The van der Waals surface area contributed by atoms with Crippen LogP contribution < -0.4 is 0 Å². The summed E-state index contributed by atoms with van der Waals surface area (Å²) in [5.41, 5.74) is -0.436. The fourth-order valence-corrected chi connectivity index (χ4v) is 3.86. The second-order valence-corrected chi connectivity index (χ2v) is 6.49. The zero-order valence-electron chi connectivity index (χ0n) is 12.0. The van der Waals surface area contributed by atoms with E-state index >= 15 is 0 Å². The topological polar surface area (TPSA) is 52.6 Å². The number of carbonyl (C=O) groups excluding carboxylic acids is 1. The molecule has 0 heterocycles. The van der Waals surface area contributed by atoms with Gasteiger partial charge in [-0.25, -0.2) is 0 Å². The number of hydrogen-bond acceptors (Lipinski definition) is 4. The lowest BCUT2D eigenvalue weighted by Crippen LogP contribution is -2.27. The first-order valence-corrected chi connectivity index (χ1v) is 7.94. The van der Waals surface area contributed by atoms with Gasteiger partial charge in [-0.15, -0.1) is 6.58 Å². The van der Waals surface area contributed by atoms with E-state index in [0.717, 1.165) is 0 Å². The Kier molecular flexibility index (Phi) is 7.69. The molecule has 0 aliphatic heterocycles. The third-order valence-corrected chi connectivity index (χ3v) is 4.84. The van der Waals surface area contributed by atoms with Crippen LogP contribution in [0.25, 0.3) is 0 Å². The molecule has 0 aliphatic rings. The van der Waals surface area contributed by atoms with Gasteiger partial charge in [0.15, 0.2) is 0 Å². The van der Waals surface area contributed by atoms with Crippen molar-refractivity contribution in [3.05, 3.63) is 12.7 Å². The smallest absolute Gasteiger partial charge is 0.303 e. The highest BCUT2D eigenvalue weighted by Gasteiger charge is 2.42. The van der Waals surface area contributed by atoms with Gasteiger partial charge in [0.1, 0.15) is 0 Å². The largest absolute Gasteiger partial charge is 0.396 e. The van der Waals surface area contributed by atoms with Gasteiger partial charge in [-0.05, 0) is 25.7 Å². The molecule has 0 bridgehead atoms. The fraction of sp³-hybridized carbons (Fsp3) is 0.769. The minimum Gasteiger partial charge on any atom is -0.303 e. The summed E-state index contributed by atoms with van der Waals surface area (Å²) in [6, 6.07) is 0. The first-order chi connectivity index (χ1) is 8.33. The molecule has 4 nitrogen and oxygen atoms in total. The lowest BCUT2D eigenvalue weighted by molar-refractivity contribution is -0.119. The highest BCUT2D eigenvalue weighted by atomic mass is 31.2. The van der Waals surface area contributed by atoms with E-state index in [1.54, 1.807) is 19.9 Å². The van der Waals surface area contributed by atoms with E-state index in [-0.39, 0.29) is 25.0 Å². The fourth-order valence-electron chi connectivity index (χ4n) is 1.95. The van der Waals surface area contributed by atoms with Crippen LogP contribution in [0, 0.1) is 17.8 Å². The molecule has 0 aromatic carbocycles. The van der Waals surface area contributed by atoms with Crippen molar-refractivity contribution in [3.63, 3.8) is 0 Å². The minimum atomic E-state index is -3.67. The molecule has 2 atom stereocenters. The maximum atomic E-state index is 12.5. The molecule has 0 saturated heterocycles. The lowest BCUT2D eigenvalue weighted by Gasteiger charge is -2.27. The molecule has 0 unspecified atom stereocenters. The molecule has 0 amide bonds. The van der Waals surface area contributed by atoms with Gasteiger partial charge >= 0.3 is 7.60 Å². The Morgan fingerprint density at radius 2 is 1.67 bits per heavy atom. The van der Waals surface area contributed by atoms with Crippen LogP contribution >= 0.6 is 7.60 Å². The maximum absolute atomic E-state index is 12.5. The Morgan fingerprint density at radius 1 is 1.22 bits per heavy atom. The molecule has 0 rings (SSSR count). The summed E-state index contributed by atoms with van der Waals surface area (Å²) >= 11 is 0.